The zero-order valence-electron chi connectivity index (χ0n) is 12.4. The Bertz CT molecular complexity index is 555. The number of para-hydroxylation sites is 1. The normalized spacial score (nSPS) is 22.8. The Morgan fingerprint density at radius 2 is 2.05 bits per heavy atom. The average Bonchev–Trinajstić information content (AvgIpc) is 2.60. The average molecular weight is 303 g/mol. The Hall–Kier alpha value is -1.92. The molecule has 2 aliphatic heterocycles. The van der Waals surface area contributed by atoms with Crippen molar-refractivity contribution in [3.63, 3.8) is 0 Å². The van der Waals surface area contributed by atoms with Crippen molar-refractivity contribution in [3.05, 3.63) is 29.8 Å². The van der Waals surface area contributed by atoms with Gasteiger partial charge in [0.05, 0.1) is 0 Å². The number of amides is 1. The molecule has 0 aliphatic carbocycles. The number of nitrogens with zero attached hydrogens (tertiary/aromatic N) is 2. The topological polar surface area (TPSA) is 72.9 Å². The Kier molecular flexibility index (Phi) is 4.40. The summed E-state index contributed by atoms with van der Waals surface area (Å²) in [5.74, 6) is -0.215. The van der Waals surface area contributed by atoms with E-state index in [0.29, 0.717) is 13.1 Å². The maximum absolute atomic E-state index is 11.5. The van der Waals surface area contributed by atoms with E-state index in [1.165, 1.54) is 5.56 Å². The fraction of sp³-hybridized carbons (Fsp3) is 0.500. The smallest absolute Gasteiger partial charge is 0.248 e. The van der Waals surface area contributed by atoms with Crippen LogP contribution in [-0.2, 0) is 16.1 Å². The summed E-state index contributed by atoms with van der Waals surface area (Å²) in [7, 11) is 0. The molecule has 0 bridgehead atoms. The van der Waals surface area contributed by atoms with Crippen molar-refractivity contribution in [2.45, 2.75) is 31.6 Å². The minimum atomic E-state index is -0.430. The van der Waals surface area contributed by atoms with Crippen molar-refractivity contribution in [2.75, 3.05) is 25.0 Å². The lowest BCUT2D eigenvalue weighted by Gasteiger charge is -2.43. The van der Waals surface area contributed by atoms with Crippen LogP contribution in [0.1, 0.15) is 18.4 Å². The lowest BCUT2D eigenvalue weighted by molar-refractivity contribution is -0.136. The van der Waals surface area contributed by atoms with Crippen molar-refractivity contribution in [1.82, 2.24) is 9.80 Å². The molecule has 3 rings (SSSR count). The van der Waals surface area contributed by atoms with Gasteiger partial charge in [-0.2, -0.15) is 0 Å². The number of hydrogen-bond acceptors (Lipinski definition) is 5. The van der Waals surface area contributed by atoms with Crippen LogP contribution in [0.5, 0.6) is 0 Å². The highest BCUT2D eigenvalue weighted by Crippen LogP contribution is 2.29. The summed E-state index contributed by atoms with van der Waals surface area (Å²) in [6.45, 7) is 1.58. The fourth-order valence-corrected chi connectivity index (χ4v) is 3.35. The molecule has 6 nitrogen and oxygen atoms in total. The van der Waals surface area contributed by atoms with Crippen LogP contribution in [0.3, 0.4) is 0 Å². The van der Waals surface area contributed by atoms with Crippen LogP contribution in [-0.4, -0.2) is 59.0 Å². The molecule has 1 aromatic carbocycles. The minimum Gasteiger partial charge on any atom is -0.387 e. The second-order valence-electron chi connectivity index (χ2n) is 5.82. The number of rotatable bonds is 3. The lowest BCUT2D eigenvalue weighted by atomic mass is 9.99. The van der Waals surface area contributed by atoms with Gasteiger partial charge in [0.2, 0.25) is 5.91 Å². The van der Waals surface area contributed by atoms with Crippen molar-refractivity contribution in [1.29, 1.82) is 0 Å². The standard InChI is InChI=1S/C16H21N3O3/c20-10-15-17-14-4-2-1-3-12(14)9-19(15)13-5-7-18(8-6-13)16(22)11-21/h1-4,10,13,15,17,21H,5-9,11H2. The van der Waals surface area contributed by atoms with E-state index in [-0.39, 0.29) is 18.1 Å². The van der Waals surface area contributed by atoms with Crippen LogP contribution in [0.4, 0.5) is 5.69 Å². The van der Waals surface area contributed by atoms with Crippen molar-refractivity contribution >= 4 is 17.9 Å². The monoisotopic (exact) mass is 303 g/mol. The van der Waals surface area contributed by atoms with E-state index in [2.05, 4.69) is 16.3 Å². The molecule has 2 N–H and O–H groups in total. The second-order valence-corrected chi connectivity index (χ2v) is 5.82. The molecule has 1 aromatic rings. The minimum absolute atomic E-state index is 0.215. The zero-order valence-corrected chi connectivity index (χ0v) is 12.4. The molecule has 1 unspecified atom stereocenters. The molecule has 1 fully saturated rings. The Morgan fingerprint density at radius 1 is 1.32 bits per heavy atom. The summed E-state index contributed by atoms with van der Waals surface area (Å²) in [6, 6.07) is 8.29. The summed E-state index contributed by atoms with van der Waals surface area (Å²) in [6.07, 6.45) is 2.26. The molecule has 0 spiro atoms. The summed E-state index contributed by atoms with van der Waals surface area (Å²) in [4.78, 5) is 26.8. The molecule has 22 heavy (non-hydrogen) atoms. The van der Waals surface area contributed by atoms with Gasteiger partial charge in [0, 0.05) is 31.4 Å². The predicted molar refractivity (Wildman–Crippen MR) is 82.1 cm³/mol. The number of hydrogen-bond donors (Lipinski definition) is 2. The number of likely N-dealkylation sites (tertiary alicyclic amines) is 1. The molecule has 1 atom stereocenters. The van der Waals surface area contributed by atoms with Crippen LogP contribution in [0.25, 0.3) is 0 Å². The number of fused-ring (bicyclic) bond motifs is 1. The van der Waals surface area contributed by atoms with E-state index >= 15 is 0 Å². The maximum atomic E-state index is 11.5. The van der Waals surface area contributed by atoms with Gasteiger partial charge in [0.15, 0.2) is 6.29 Å². The van der Waals surface area contributed by atoms with Gasteiger partial charge < -0.3 is 15.3 Å². The SMILES string of the molecule is O=CC1Nc2ccccc2CN1C1CCN(C(=O)CO)CC1. The number of aliphatic hydroxyl groups is 1. The van der Waals surface area contributed by atoms with Crippen molar-refractivity contribution in [2.24, 2.45) is 0 Å². The largest absolute Gasteiger partial charge is 0.387 e. The number of piperidine rings is 1. The lowest BCUT2D eigenvalue weighted by Crippen LogP contribution is -2.54. The maximum Gasteiger partial charge on any atom is 0.248 e. The highest BCUT2D eigenvalue weighted by molar-refractivity contribution is 5.77. The number of aliphatic hydroxyl groups excluding tert-OH is 1. The molecule has 1 saturated heterocycles. The highest BCUT2D eigenvalue weighted by atomic mass is 16.3. The molecule has 2 heterocycles. The zero-order chi connectivity index (χ0) is 15.5. The molecule has 6 heteroatoms. The first-order valence-electron chi connectivity index (χ1n) is 7.67. The van der Waals surface area contributed by atoms with Crippen LogP contribution < -0.4 is 5.32 Å². The molecular formula is C16H21N3O3. The highest BCUT2D eigenvalue weighted by Gasteiger charge is 2.33. The van der Waals surface area contributed by atoms with Crippen LogP contribution in [0.2, 0.25) is 0 Å². The quantitative estimate of drug-likeness (QED) is 0.792. The Labute approximate surface area is 129 Å². The van der Waals surface area contributed by atoms with Gasteiger partial charge in [-0.25, -0.2) is 0 Å². The van der Waals surface area contributed by atoms with Gasteiger partial charge in [-0.05, 0) is 24.5 Å². The Balaban J connectivity index is 1.69. The number of anilines is 1. The molecule has 0 radical (unpaired) electrons. The summed E-state index contributed by atoms with van der Waals surface area (Å²) < 4.78 is 0. The third-order valence-corrected chi connectivity index (χ3v) is 4.58. The van der Waals surface area contributed by atoms with Crippen LogP contribution >= 0.6 is 0 Å². The molecule has 0 saturated carbocycles. The van der Waals surface area contributed by atoms with Gasteiger partial charge in [-0.15, -0.1) is 0 Å². The third kappa shape index (κ3) is 2.84. The van der Waals surface area contributed by atoms with Crippen LogP contribution in [0.15, 0.2) is 24.3 Å². The van der Waals surface area contributed by atoms with Gasteiger partial charge >= 0.3 is 0 Å². The molecular weight excluding hydrogens is 282 g/mol. The molecule has 0 aromatic heterocycles. The van der Waals surface area contributed by atoms with E-state index in [4.69, 9.17) is 5.11 Å². The summed E-state index contributed by atoms with van der Waals surface area (Å²) in [5, 5.41) is 12.2. The van der Waals surface area contributed by atoms with E-state index < -0.39 is 6.61 Å². The number of aldehydes is 1. The first-order chi connectivity index (χ1) is 10.7. The van der Waals surface area contributed by atoms with E-state index in [1.807, 2.05) is 18.2 Å². The van der Waals surface area contributed by atoms with E-state index in [0.717, 1.165) is 31.4 Å². The molecule has 118 valence electrons. The predicted octanol–water partition coefficient (Wildman–Crippen LogP) is 0.422. The second kappa shape index (κ2) is 6.46. The van der Waals surface area contributed by atoms with E-state index in [9.17, 15) is 9.59 Å². The van der Waals surface area contributed by atoms with Gasteiger partial charge in [0.1, 0.15) is 12.8 Å². The van der Waals surface area contributed by atoms with Gasteiger partial charge in [0.25, 0.3) is 0 Å². The number of carbonyl (C=O) groups is 2. The number of nitrogens with one attached hydrogen (secondary N) is 1. The molecule has 2 aliphatic rings. The molecule has 1 amide bonds. The number of carbonyl (C=O) groups excluding carboxylic acids is 2. The summed E-state index contributed by atoms with van der Waals surface area (Å²) >= 11 is 0. The summed E-state index contributed by atoms with van der Waals surface area (Å²) in [5.41, 5.74) is 2.21. The van der Waals surface area contributed by atoms with Gasteiger partial charge in [-0.3, -0.25) is 14.5 Å². The van der Waals surface area contributed by atoms with Crippen LogP contribution in [0, 0.1) is 0 Å². The van der Waals surface area contributed by atoms with E-state index in [1.54, 1.807) is 4.90 Å². The number of benzene rings is 1. The first-order valence-corrected chi connectivity index (χ1v) is 7.67. The Morgan fingerprint density at radius 3 is 2.73 bits per heavy atom. The van der Waals surface area contributed by atoms with Crippen molar-refractivity contribution < 1.29 is 14.7 Å². The van der Waals surface area contributed by atoms with Crippen molar-refractivity contribution in [3.8, 4) is 0 Å². The first kappa shape index (κ1) is 15.0. The van der Waals surface area contributed by atoms with Gasteiger partial charge in [-0.1, -0.05) is 18.2 Å². The fourth-order valence-electron chi connectivity index (χ4n) is 3.35. The third-order valence-electron chi connectivity index (χ3n) is 4.58.